The lowest BCUT2D eigenvalue weighted by Crippen LogP contribution is -2.49. The van der Waals surface area contributed by atoms with Gasteiger partial charge >= 0.3 is 0 Å². The van der Waals surface area contributed by atoms with Gasteiger partial charge < -0.3 is 16.0 Å². The van der Waals surface area contributed by atoms with Crippen LogP contribution < -0.4 is 15.8 Å². The number of amides is 2. The van der Waals surface area contributed by atoms with Crippen LogP contribution in [0.25, 0.3) is 10.8 Å². The number of nitrogens with two attached hydrogens (primary N) is 1. The maximum atomic E-state index is 13.4. The summed E-state index contributed by atoms with van der Waals surface area (Å²) in [5, 5.41) is 4.68. The van der Waals surface area contributed by atoms with Crippen molar-refractivity contribution in [3.05, 3.63) is 71.9 Å². The number of rotatable bonds is 7. The highest BCUT2D eigenvalue weighted by Crippen LogP contribution is 2.25. The smallest absolute Gasteiger partial charge is 0.245 e. The van der Waals surface area contributed by atoms with Crippen molar-refractivity contribution in [1.82, 2.24) is 19.9 Å². The number of anilines is 1. The van der Waals surface area contributed by atoms with E-state index >= 15 is 0 Å². The molecule has 2 amide bonds. The summed E-state index contributed by atoms with van der Waals surface area (Å²) in [6.07, 6.45) is 3.82. The van der Waals surface area contributed by atoms with Crippen molar-refractivity contribution in [3.8, 4) is 0 Å². The fourth-order valence-corrected chi connectivity index (χ4v) is 4.92. The van der Waals surface area contributed by atoms with Crippen LogP contribution in [-0.4, -0.2) is 49.0 Å². The number of hydrogen-bond donors (Lipinski definition) is 3. The molecule has 0 aliphatic carbocycles. The molecule has 2 heterocycles. The fourth-order valence-electron chi connectivity index (χ4n) is 4.26. The van der Waals surface area contributed by atoms with Crippen LogP contribution in [0.15, 0.2) is 60.8 Å². The van der Waals surface area contributed by atoms with Crippen molar-refractivity contribution in [1.29, 1.82) is 0 Å². The fraction of sp³-hybridized carbons (Fsp3) is 0.292. The number of aromatic nitrogens is 1. The van der Waals surface area contributed by atoms with Gasteiger partial charge in [-0.2, -0.15) is 4.72 Å². The van der Waals surface area contributed by atoms with Gasteiger partial charge in [0.15, 0.2) is 0 Å². The van der Waals surface area contributed by atoms with E-state index in [1.807, 2.05) is 24.3 Å². The van der Waals surface area contributed by atoms with Crippen LogP contribution in [0.1, 0.15) is 30.0 Å². The minimum atomic E-state index is -3.66. The SMILES string of the molecule is CS(=O)(=O)N[C@@H](C(=O)N1CCC[C@H]1C(=O)NCc1ccc2c(N)nccc2c1)c1ccccc1. The minimum Gasteiger partial charge on any atom is -0.383 e. The van der Waals surface area contributed by atoms with Crippen LogP contribution in [0.3, 0.4) is 0 Å². The molecule has 0 radical (unpaired) electrons. The molecule has 0 saturated carbocycles. The van der Waals surface area contributed by atoms with Crippen LogP contribution in [-0.2, 0) is 26.2 Å². The van der Waals surface area contributed by atoms with E-state index in [-0.39, 0.29) is 5.91 Å². The van der Waals surface area contributed by atoms with Crippen LogP contribution in [0.5, 0.6) is 0 Å². The molecule has 3 aromatic rings. The first kappa shape index (κ1) is 23.7. The molecule has 178 valence electrons. The summed E-state index contributed by atoms with van der Waals surface area (Å²) in [7, 11) is -3.66. The van der Waals surface area contributed by atoms with Crippen molar-refractivity contribution in [2.75, 3.05) is 18.5 Å². The molecule has 1 saturated heterocycles. The highest BCUT2D eigenvalue weighted by atomic mass is 32.2. The van der Waals surface area contributed by atoms with Gasteiger partial charge in [0, 0.05) is 24.7 Å². The zero-order valence-electron chi connectivity index (χ0n) is 18.8. The molecule has 1 aliphatic rings. The molecule has 1 fully saturated rings. The molecular formula is C24H27N5O4S. The molecule has 4 N–H and O–H groups in total. The van der Waals surface area contributed by atoms with Crippen molar-refractivity contribution in [2.45, 2.75) is 31.5 Å². The largest absolute Gasteiger partial charge is 0.383 e. The molecule has 2 atom stereocenters. The van der Waals surface area contributed by atoms with E-state index < -0.39 is 28.0 Å². The first-order valence-electron chi connectivity index (χ1n) is 11.0. The van der Waals surface area contributed by atoms with Crippen LogP contribution in [0, 0.1) is 0 Å². The summed E-state index contributed by atoms with van der Waals surface area (Å²) in [4.78, 5) is 32.0. The quantitative estimate of drug-likeness (QED) is 0.470. The Kier molecular flexibility index (Phi) is 6.80. The molecule has 0 bridgehead atoms. The van der Waals surface area contributed by atoms with Gasteiger partial charge in [-0.3, -0.25) is 9.59 Å². The zero-order valence-corrected chi connectivity index (χ0v) is 19.6. The number of carbonyl (C=O) groups excluding carboxylic acids is 2. The molecule has 9 nitrogen and oxygen atoms in total. The van der Waals surface area contributed by atoms with E-state index in [0.29, 0.717) is 37.3 Å². The topological polar surface area (TPSA) is 134 Å². The molecule has 2 aromatic carbocycles. The van der Waals surface area contributed by atoms with Gasteiger partial charge in [-0.1, -0.05) is 42.5 Å². The van der Waals surface area contributed by atoms with Gasteiger partial charge in [-0.05, 0) is 41.5 Å². The van der Waals surface area contributed by atoms with Gasteiger partial charge in [0.2, 0.25) is 21.8 Å². The molecular weight excluding hydrogens is 454 g/mol. The van der Waals surface area contributed by atoms with Crippen LogP contribution >= 0.6 is 0 Å². The maximum absolute atomic E-state index is 13.4. The van der Waals surface area contributed by atoms with Crippen molar-refractivity contribution in [3.63, 3.8) is 0 Å². The Morgan fingerprint density at radius 3 is 2.68 bits per heavy atom. The summed E-state index contributed by atoms with van der Waals surface area (Å²) in [5.41, 5.74) is 7.31. The maximum Gasteiger partial charge on any atom is 0.245 e. The second-order valence-electron chi connectivity index (χ2n) is 8.39. The van der Waals surface area contributed by atoms with E-state index in [2.05, 4.69) is 15.0 Å². The summed E-state index contributed by atoms with van der Waals surface area (Å²) in [5.74, 6) is -0.266. The van der Waals surface area contributed by atoms with Gasteiger partial charge in [-0.15, -0.1) is 0 Å². The number of sulfonamides is 1. The standard InChI is InChI=1S/C24H27N5O4S/c1-34(32,33)28-21(17-6-3-2-4-7-17)24(31)29-13-5-8-20(29)23(30)27-15-16-9-10-19-18(14-16)11-12-26-22(19)25/h2-4,6-7,9-12,14,20-21,28H,5,8,13,15H2,1H3,(H2,25,26)(H,27,30)/t20-,21+/m0/s1. The zero-order chi connectivity index (χ0) is 24.3. The van der Waals surface area contributed by atoms with E-state index in [1.54, 1.807) is 36.5 Å². The Labute approximate surface area is 198 Å². The Morgan fingerprint density at radius 1 is 1.18 bits per heavy atom. The second-order valence-corrected chi connectivity index (χ2v) is 10.2. The first-order chi connectivity index (χ1) is 16.2. The Balaban J connectivity index is 1.48. The van der Waals surface area contributed by atoms with Crippen LogP contribution in [0.2, 0.25) is 0 Å². The third kappa shape index (κ3) is 5.35. The highest BCUT2D eigenvalue weighted by molar-refractivity contribution is 7.88. The second kappa shape index (κ2) is 9.78. The van der Waals surface area contributed by atoms with E-state index in [4.69, 9.17) is 5.73 Å². The lowest BCUT2D eigenvalue weighted by Gasteiger charge is -2.28. The molecule has 0 spiro atoms. The normalized spacial score (nSPS) is 17.0. The van der Waals surface area contributed by atoms with E-state index in [0.717, 1.165) is 22.6 Å². The number of carbonyl (C=O) groups is 2. The molecule has 1 aromatic heterocycles. The molecule has 1 aliphatic heterocycles. The number of nitrogens with one attached hydrogen (secondary N) is 2. The van der Waals surface area contributed by atoms with E-state index in [9.17, 15) is 18.0 Å². The predicted octanol–water partition coefficient (Wildman–Crippen LogP) is 1.71. The number of nitrogen functional groups attached to an aromatic ring is 1. The minimum absolute atomic E-state index is 0.272. The van der Waals surface area contributed by atoms with E-state index in [1.165, 1.54) is 4.90 Å². The molecule has 34 heavy (non-hydrogen) atoms. The van der Waals surface area contributed by atoms with Crippen molar-refractivity contribution >= 4 is 38.4 Å². The Morgan fingerprint density at radius 2 is 1.94 bits per heavy atom. The summed E-state index contributed by atoms with van der Waals surface area (Å²) in [6, 6.07) is 14.4. The lowest BCUT2D eigenvalue weighted by molar-refractivity contribution is -0.139. The van der Waals surface area contributed by atoms with Gasteiger partial charge in [-0.25, -0.2) is 13.4 Å². The average Bonchev–Trinajstić information content (AvgIpc) is 3.31. The summed E-state index contributed by atoms with van der Waals surface area (Å²) in [6.45, 7) is 0.674. The van der Waals surface area contributed by atoms with Gasteiger partial charge in [0.25, 0.3) is 0 Å². The van der Waals surface area contributed by atoms with Crippen LogP contribution in [0.4, 0.5) is 5.82 Å². The third-order valence-corrected chi connectivity index (χ3v) is 6.54. The summed E-state index contributed by atoms with van der Waals surface area (Å²) < 4.78 is 26.3. The molecule has 0 unspecified atom stereocenters. The number of hydrogen-bond acceptors (Lipinski definition) is 6. The third-order valence-electron chi connectivity index (χ3n) is 5.88. The predicted molar refractivity (Wildman–Crippen MR) is 130 cm³/mol. The number of benzene rings is 2. The molecule has 10 heteroatoms. The van der Waals surface area contributed by atoms with Gasteiger partial charge in [0.1, 0.15) is 17.9 Å². The summed E-state index contributed by atoms with van der Waals surface area (Å²) >= 11 is 0. The molecule has 4 rings (SSSR count). The van der Waals surface area contributed by atoms with Crippen molar-refractivity contribution in [2.24, 2.45) is 0 Å². The number of nitrogens with zero attached hydrogens (tertiary/aromatic N) is 2. The highest BCUT2D eigenvalue weighted by Gasteiger charge is 2.38. The van der Waals surface area contributed by atoms with Gasteiger partial charge in [0.05, 0.1) is 6.26 Å². The Bertz CT molecular complexity index is 1310. The monoisotopic (exact) mass is 481 g/mol. The Hall–Kier alpha value is -3.50. The number of fused-ring (bicyclic) bond motifs is 1. The average molecular weight is 482 g/mol. The van der Waals surface area contributed by atoms with Crippen molar-refractivity contribution < 1.29 is 18.0 Å². The number of likely N-dealkylation sites (tertiary alicyclic amines) is 1. The lowest BCUT2D eigenvalue weighted by atomic mass is 10.1. The number of pyridine rings is 1. The first-order valence-corrected chi connectivity index (χ1v) is 12.9.